The molecule has 0 aliphatic carbocycles. The van der Waals surface area contributed by atoms with E-state index < -0.39 is 60.6 Å². The standard InChI is InChI=1S/C24H26O12/c1-13(25)31-12-19-21(32-14(2)26)22(33-15(3)27)23(34-16(4)28)24(36-19)35-18-9-6-17(7-10-18)8-11-20(29)30-5/h6-7,9-10,19,21-24H,12H2,1-5H3/t19-,21-,22+,23-,24-/m1/s1. The Hall–Kier alpha value is -4.11. The molecule has 0 saturated carbocycles. The number of esters is 5. The molecule has 0 bridgehead atoms. The number of hydrogen-bond donors (Lipinski definition) is 0. The first-order chi connectivity index (χ1) is 17.0. The number of carbonyl (C=O) groups is 5. The van der Waals surface area contributed by atoms with Crippen molar-refractivity contribution < 1.29 is 57.1 Å². The molecule has 194 valence electrons. The molecular weight excluding hydrogens is 480 g/mol. The highest BCUT2D eigenvalue weighted by Gasteiger charge is 2.53. The summed E-state index contributed by atoms with van der Waals surface area (Å²) in [5.41, 5.74) is 0.481. The summed E-state index contributed by atoms with van der Waals surface area (Å²) in [7, 11) is 1.21. The fourth-order valence-corrected chi connectivity index (χ4v) is 3.21. The van der Waals surface area contributed by atoms with Crippen molar-refractivity contribution in [3.63, 3.8) is 0 Å². The van der Waals surface area contributed by atoms with Crippen molar-refractivity contribution >= 4 is 29.8 Å². The van der Waals surface area contributed by atoms with Crippen molar-refractivity contribution in [3.05, 3.63) is 29.8 Å². The summed E-state index contributed by atoms with van der Waals surface area (Å²) in [6.45, 7) is 4.17. The van der Waals surface area contributed by atoms with Crippen LogP contribution >= 0.6 is 0 Å². The molecule has 0 N–H and O–H groups in total. The van der Waals surface area contributed by atoms with Crippen LogP contribution in [0.3, 0.4) is 0 Å². The highest BCUT2D eigenvalue weighted by molar-refractivity contribution is 5.89. The molecule has 5 atom stereocenters. The van der Waals surface area contributed by atoms with Gasteiger partial charge in [0.15, 0.2) is 12.2 Å². The second-order valence-corrected chi connectivity index (χ2v) is 7.45. The molecule has 12 nitrogen and oxygen atoms in total. The zero-order valence-corrected chi connectivity index (χ0v) is 20.3. The second kappa shape index (κ2) is 13.1. The Morgan fingerprint density at radius 3 is 1.89 bits per heavy atom. The van der Waals surface area contributed by atoms with Gasteiger partial charge < -0.3 is 33.2 Å². The van der Waals surface area contributed by atoms with Crippen molar-refractivity contribution in [3.8, 4) is 17.6 Å². The van der Waals surface area contributed by atoms with Gasteiger partial charge >= 0.3 is 29.8 Å². The molecule has 0 amide bonds. The van der Waals surface area contributed by atoms with Gasteiger partial charge in [-0.2, -0.15) is 0 Å². The Morgan fingerprint density at radius 1 is 0.806 bits per heavy atom. The predicted octanol–water partition coefficient (Wildman–Crippen LogP) is 0.673. The fraction of sp³-hybridized carbons (Fsp3) is 0.458. The summed E-state index contributed by atoms with van der Waals surface area (Å²) in [4.78, 5) is 58.1. The van der Waals surface area contributed by atoms with E-state index in [0.29, 0.717) is 5.56 Å². The third-order valence-corrected chi connectivity index (χ3v) is 4.55. The van der Waals surface area contributed by atoms with Crippen LogP contribution in [0.5, 0.6) is 5.75 Å². The first-order valence-corrected chi connectivity index (χ1v) is 10.7. The fourth-order valence-electron chi connectivity index (χ4n) is 3.21. The van der Waals surface area contributed by atoms with Crippen molar-refractivity contribution in [2.45, 2.75) is 58.4 Å². The maximum absolute atomic E-state index is 11.9. The number of methoxy groups -OCH3 is 1. The molecule has 1 aromatic carbocycles. The number of rotatable bonds is 7. The zero-order valence-electron chi connectivity index (χ0n) is 20.3. The minimum Gasteiger partial charge on any atom is -0.463 e. The molecule has 1 aromatic rings. The summed E-state index contributed by atoms with van der Waals surface area (Å²) < 4.78 is 37.2. The van der Waals surface area contributed by atoms with Crippen molar-refractivity contribution in [2.75, 3.05) is 13.7 Å². The summed E-state index contributed by atoms with van der Waals surface area (Å²) in [6.07, 6.45) is -6.49. The van der Waals surface area contributed by atoms with E-state index in [0.717, 1.165) is 20.8 Å². The minimum absolute atomic E-state index is 0.236. The van der Waals surface area contributed by atoms with E-state index in [-0.39, 0.29) is 12.4 Å². The normalized spacial score (nSPS) is 22.6. The largest absolute Gasteiger partial charge is 0.463 e. The lowest BCUT2D eigenvalue weighted by atomic mass is 9.98. The molecule has 0 radical (unpaired) electrons. The second-order valence-electron chi connectivity index (χ2n) is 7.45. The topological polar surface area (TPSA) is 150 Å². The van der Waals surface area contributed by atoms with Crippen molar-refractivity contribution in [1.82, 2.24) is 0 Å². The van der Waals surface area contributed by atoms with Crippen LogP contribution in [-0.2, 0) is 52.4 Å². The zero-order chi connectivity index (χ0) is 26.8. The first-order valence-electron chi connectivity index (χ1n) is 10.7. The van der Waals surface area contributed by atoms with Crippen LogP contribution in [0.15, 0.2) is 24.3 Å². The van der Waals surface area contributed by atoms with Gasteiger partial charge in [-0.3, -0.25) is 19.2 Å². The van der Waals surface area contributed by atoms with Gasteiger partial charge in [0, 0.05) is 39.2 Å². The Balaban J connectivity index is 2.39. The molecule has 0 aromatic heterocycles. The van der Waals surface area contributed by atoms with Crippen molar-refractivity contribution in [2.24, 2.45) is 0 Å². The molecular formula is C24H26O12. The van der Waals surface area contributed by atoms with Gasteiger partial charge in [-0.25, -0.2) is 4.79 Å². The van der Waals surface area contributed by atoms with Gasteiger partial charge in [-0.15, -0.1) is 0 Å². The van der Waals surface area contributed by atoms with Gasteiger partial charge in [0.1, 0.15) is 18.5 Å². The quantitative estimate of drug-likeness (QED) is 0.290. The SMILES string of the molecule is COC(=O)C#Cc1ccc(O[C@@H]2O[C@H](COC(C)=O)[C@@H](OC(C)=O)[C@H](OC(C)=O)[C@H]2OC(C)=O)cc1. The van der Waals surface area contributed by atoms with Gasteiger partial charge in [0.2, 0.25) is 12.4 Å². The van der Waals surface area contributed by atoms with Crippen LogP contribution < -0.4 is 4.74 Å². The van der Waals surface area contributed by atoms with Gasteiger partial charge in [0.05, 0.1) is 7.11 Å². The van der Waals surface area contributed by atoms with E-state index in [9.17, 15) is 24.0 Å². The van der Waals surface area contributed by atoms with Crippen LogP contribution in [0.4, 0.5) is 0 Å². The highest BCUT2D eigenvalue weighted by Crippen LogP contribution is 2.31. The third kappa shape index (κ3) is 8.59. The van der Waals surface area contributed by atoms with Crippen LogP contribution in [0.2, 0.25) is 0 Å². The lowest BCUT2D eigenvalue weighted by Crippen LogP contribution is -2.63. The number of hydrogen-bond acceptors (Lipinski definition) is 12. The van der Waals surface area contributed by atoms with Crippen LogP contribution in [0.1, 0.15) is 33.3 Å². The Kier molecular flexibility index (Phi) is 10.2. The highest BCUT2D eigenvalue weighted by atomic mass is 16.7. The number of ether oxygens (including phenoxy) is 7. The van der Waals surface area contributed by atoms with E-state index in [4.69, 9.17) is 28.4 Å². The summed E-state index contributed by atoms with van der Waals surface area (Å²) in [6, 6.07) is 6.12. The molecule has 1 saturated heterocycles. The smallest absolute Gasteiger partial charge is 0.384 e. The maximum Gasteiger partial charge on any atom is 0.384 e. The van der Waals surface area contributed by atoms with Crippen LogP contribution in [0, 0.1) is 11.8 Å². The van der Waals surface area contributed by atoms with E-state index in [2.05, 4.69) is 16.6 Å². The summed E-state index contributed by atoms with van der Waals surface area (Å²) >= 11 is 0. The van der Waals surface area contributed by atoms with Gasteiger partial charge in [-0.1, -0.05) is 5.92 Å². The molecule has 36 heavy (non-hydrogen) atoms. The predicted molar refractivity (Wildman–Crippen MR) is 118 cm³/mol. The van der Waals surface area contributed by atoms with Gasteiger partial charge in [0.25, 0.3) is 0 Å². The molecule has 1 aliphatic rings. The average Bonchev–Trinajstić information content (AvgIpc) is 2.80. The Bertz CT molecular complexity index is 1040. The third-order valence-electron chi connectivity index (χ3n) is 4.55. The lowest BCUT2D eigenvalue weighted by molar-refractivity contribution is -0.288. The molecule has 0 unspecified atom stereocenters. The van der Waals surface area contributed by atoms with Gasteiger partial charge in [-0.05, 0) is 24.3 Å². The minimum atomic E-state index is -1.36. The first kappa shape index (κ1) is 28.1. The van der Waals surface area contributed by atoms with E-state index in [1.54, 1.807) is 12.1 Å². The molecule has 1 fully saturated rings. The molecule has 1 aliphatic heterocycles. The van der Waals surface area contributed by atoms with Crippen LogP contribution in [-0.4, -0.2) is 74.3 Å². The molecule has 1 heterocycles. The lowest BCUT2D eigenvalue weighted by Gasteiger charge is -2.43. The Morgan fingerprint density at radius 2 is 1.36 bits per heavy atom. The van der Waals surface area contributed by atoms with E-state index in [1.165, 1.54) is 26.2 Å². The van der Waals surface area contributed by atoms with Crippen LogP contribution in [0.25, 0.3) is 0 Å². The number of carbonyl (C=O) groups excluding carboxylic acids is 5. The van der Waals surface area contributed by atoms with Crippen molar-refractivity contribution in [1.29, 1.82) is 0 Å². The molecule has 0 spiro atoms. The summed E-state index contributed by atoms with van der Waals surface area (Å²) in [5.74, 6) is 1.56. The average molecular weight is 506 g/mol. The monoisotopic (exact) mass is 506 g/mol. The molecule has 12 heteroatoms. The maximum atomic E-state index is 11.9. The number of benzene rings is 1. The Labute approximate surface area is 207 Å². The molecule has 2 rings (SSSR count). The summed E-state index contributed by atoms with van der Waals surface area (Å²) in [5, 5.41) is 0. The van der Waals surface area contributed by atoms with E-state index >= 15 is 0 Å². The van der Waals surface area contributed by atoms with E-state index in [1.807, 2.05) is 0 Å².